The number of benzene rings is 8. The molecule has 56 heavy (non-hydrogen) atoms. The molecule has 0 radical (unpaired) electrons. The second kappa shape index (κ2) is 12.7. The summed E-state index contributed by atoms with van der Waals surface area (Å²) in [5, 5.41) is 12.6. The monoisotopic (exact) mass is 730 g/mol. The summed E-state index contributed by atoms with van der Waals surface area (Å²) >= 11 is 1.83. The Morgan fingerprint density at radius 3 is 1.62 bits per heavy atom. The smallest absolute Gasteiger partial charge is 0.164 e. The molecule has 0 saturated heterocycles. The first kappa shape index (κ1) is 32.3. The quantitative estimate of drug-likeness (QED) is 0.180. The van der Waals surface area contributed by atoms with Crippen LogP contribution in [0, 0.1) is 11.3 Å². The fraction of sp³-hybridized carbons (Fsp3) is 0.0196. The Morgan fingerprint density at radius 1 is 0.429 bits per heavy atom. The number of rotatable bonds is 4. The molecule has 0 bridgehead atoms. The summed E-state index contributed by atoms with van der Waals surface area (Å²) in [4.78, 5) is 17.3. The maximum absolute atomic E-state index is 10.5. The van der Waals surface area contributed by atoms with Crippen LogP contribution < -0.4 is 0 Å². The minimum Gasteiger partial charge on any atom is -0.208 e. The van der Waals surface area contributed by atoms with E-state index in [9.17, 15) is 5.26 Å². The summed E-state index contributed by atoms with van der Waals surface area (Å²) in [6, 6.07) is 66.2. The van der Waals surface area contributed by atoms with E-state index in [1.54, 1.807) is 0 Å². The average molecular weight is 731 g/mol. The predicted molar refractivity (Wildman–Crippen MR) is 225 cm³/mol. The third-order valence-corrected chi connectivity index (χ3v) is 12.5. The van der Waals surface area contributed by atoms with E-state index in [0.717, 1.165) is 44.2 Å². The van der Waals surface area contributed by atoms with Crippen LogP contribution in [-0.4, -0.2) is 15.0 Å². The zero-order valence-electron chi connectivity index (χ0n) is 30.0. The molecular formula is C51H30N4S. The Balaban J connectivity index is 1.10. The molecule has 260 valence electrons. The first-order chi connectivity index (χ1) is 27.7. The van der Waals surface area contributed by atoms with Crippen LogP contribution in [0.15, 0.2) is 192 Å². The second-order valence-electron chi connectivity index (χ2n) is 14.2. The molecule has 0 saturated carbocycles. The van der Waals surface area contributed by atoms with Crippen molar-refractivity contribution in [1.29, 1.82) is 5.26 Å². The van der Waals surface area contributed by atoms with Gasteiger partial charge in [0.1, 0.15) is 0 Å². The van der Waals surface area contributed by atoms with Crippen LogP contribution in [0.3, 0.4) is 0 Å². The number of nitrogens with zero attached hydrogens (tertiary/aromatic N) is 4. The van der Waals surface area contributed by atoms with Crippen LogP contribution in [0.25, 0.3) is 67.2 Å². The lowest BCUT2D eigenvalue weighted by molar-refractivity contribution is 0.723. The van der Waals surface area contributed by atoms with Crippen molar-refractivity contribution in [2.45, 2.75) is 15.2 Å². The zero-order chi connectivity index (χ0) is 37.2. The first-order valence-corrected chi connectivity index (χ1v) is 19.5. The van der Waals surface area contributed by atoms with Crippen molar-refractivity contribution in [3.05, 3.63) is 210 Å². The topological polar surface area (TPSA) is 62.5 Å². The Kier molecular flexibility index (Phi) is 7.35. The Morgan fingerprint density at radius 2 is 0.946 bits per heavy atom. The SMILES string of the molecule is N#Cc1cc2c(c3ccccc13)-c1ccccc1C21c2ccccc2Sc2c(-c3ccc(-c4nc(-c5ccccc5)nc(-c5ccccc5)n4)cc3)cccc21. The van der Waals surface area contributed by atoms with E-state index < -0.39 is 5.41 Å². The number of aromatic nitrogens is 3. The van der Waals surface area contributed by atoms with Crippen LogP contribution in [-0.2, 0) is 5.41 Å². The molecule has 9 aromatic rings. The van der Waals surface area contributed by atoms with Crippen molar-refractivity contribution >= 4 is 22.5 Å². The van der Waals surface area contributed by atoms with Gasteiger partial charge in [-0.1, -0.05) is 182 Å². The minimum absolute atomic E-state index is 0.610. The molecule has 2 aliphatic rings. The van der Waals surface area contributed by atoms with Gasteiger partial charge in [0.05, 0.1) is 17.0 Å². The van der Waals surface area contributed by atoms with E-state index in [-0.39, 0.29) is 0 Å². The van der Waals surface area contributed by atoms with Gasteiger partial charge in [-0.05, 0) is 62.0 Å². The minimum atomic E-state index is -0.610. The highest BCUT2D eigenvalue weighted by Gasteiger charge is 2.51. The fourth-order valence-electron chi connectivity index (χ4n) is 8.83. The van der Waals surface area contributed by atoms with E-state index in [1.807, 2.05) is 78.5 Å². The van der Waals surface area contributed by atoms with Crippen LogP contribution in [0.5, 0.6) is 0 Å². The molecule has 8 aromatic carbocycles. The Hall–Kier alpha value is -7.13. The standard InChI is InChI=1S/C51H30N4S/c52-31-36-30-44-46(39-19-8-7-18-37(36)39)40-20-9-10-22-41(40)51(44)42-23-11-12-25-45(42)56-47-38(21-13-24-43(47)51)32-26-28-35(29-27-32)50-54-48(33-14-3-1-4-15-33)53-49(55-50)34-16-5-2-6-17-34/h1-30H. The highest BCUT2D eigenvalue weighted by Crippen LogP contribution is 2.64. The first-order valence-electron chi connectivity index (χ1n) is 18.7. The van der Waals surface area contributed by atoms with Gasteiger partial charge in [-0.25, -0.2) is 15.0 Å². The molecule has 5 heteroatoms. The van der Waals surface area contributed by atoms with Crippen molar-refractivity contribution in [2.24, 2.45) is 0 Å². The number of hydrogen-bond donors (Lipinski definition) is 0. The Bertz CT molecular complexity index is 3000. The zero-order valence-corrected chi connectivity index (χ0v) is 30.8. The molecule has 0 amide bonds. The van der Waals surface area contributed by atoms with Gasteiger partial charge in [-0.3, -0.25) is 0 Å². The van der Waals surface area contributed by atoms with Crippen LogP contribution >= 0.6 is 11.8 Å². The van der Waals surface area contributed by atoms with Crippen molar-refractivity contribution in [1.82, 2.24) is 15.0 Å². The van der Waals surface area contributed by atoms with Gasteiger partial charge in [-0.15, -0.1) is 0 Å². The molecule has 1 atom stereocenters. The van der Waals surface area contributed by atoms with Gasteiger partial charge >= 0.3 is 0 Å². The van der Waals surface area contributed by atoms with Gasteiger partial charge in [0.2, 0.25) is 0 Å². The van der Waals surface area contributed by atoms with Crippen LogP contribution in [0.2, 0.25) is 0 Å². The van der Waals surface area contributed by atoms with Gasteiger partial charge in [0.15, 0.2) is 17.5 Å². The van der Waals surface area contributed by atoms with Gasteiger partial charge in [0.25, 0.3) is 0 Å². The largest absolute Gasteiger partial charge is 0.208 e. The summed E-state index contributed by atoms with van der Waals surface area (Å²) < 4.78 is 0. The number of hydrogen-bond acceptors (Lipinski definition) is 5. The highest BCUT2D eigenvalue weighted by molar-refractivity contribution is 7.99. The summed E-state index contributed by atoms with van der Waals surface area (Å²) in [7, 11) is 0. The summed E-state index contributed by atoms with van der Waals surface area (Å²) in [6.45, 7) is 0. The van der Waals surface area contributed by atoms with E-state index in [1.165, 1.54) is 37.6 Å². The lowest BCUT2D eigenvalue weighted by Crippen LogP contribution is -2.32. The van der Waals surface area contributed by atoms with Crippen molar-refractivity contribution in [2.75, 3.05) is 0 Å². The van der Waals surface area contributed by atoms with Crippen LogP contribution in [0.4, 0.5) is 0 Å². The molecule has 1 aliphatic carbocycles. The second-order valence-corrected chi connectivity index (χ2v) is 15.2. The van der Waals surface area contributed by atoms with Crippen LogP contribution in [0.1, 0.15) is 27.8 Å². The summed E-state index contributed by atoms with van der Waals surface area (Å²) in [5.41, 5.74) is 12.5. The van der Waals surface area contributed by atoms with E-state index in [4.69, 9.17) is 15.0 Å². The normalized spacial score (nSPS) is 14.8. The lowest BCUT2D eigenvalue weighted by Gasteiger charge is -2.40. The molecule has 2 heterocycles. The summed E-state index contributed by atoms with van der Waals surface area (Å²) in [5.74, 6) is 1.90. The molecule has 1 aromatic heterocycles. The lowest BCUT2D eigenvalue weighted by atomic mass is 9.66. The van der Waals surface area contributed by atoms with Crippen molar-refractivity contribution < 1.29 is 0 Å². The van der Waals surface area contributed by atoms with E-state index in [0.29, 0.717) is 23.0 Å². The third kappa shape index (κ3) is 4.76. The van der Waals surface area contributed by atoms with Gasteiger partial charge in [0, 0.05) is 31.9 Å². The third-order valence-electron chi connectivity index (χ3n) is 11.2. The molecule has 1 spiro atoms. The van der Waals surface area contributed by atoms with Crippen molar-refractivity contribution in [3.63, 3.8) is 0 Å². The predicted octanol–water partition coefficient (Wildman–Crippen LogP) is 12.4. The van der Waals surface area contributed by atoms with E-state index >= 15 is 0 Å². The molecule has 1 aliphatic heterocycles. The maximum atomic E-state index is 10.5. The van der Waals surface area contributed by atoms with Gasteiger partial charge in [-0.2, -0.15) is 5.26 Å². The molecule has 0 fully saturated rings. The molecule has 0 N–H and O–H groups in total. The van der Waals surface area contributed by atoms with Gasteiger partial charge < -0.3 is 0 Å². The summed E-state index contributed by atoms with van der Waals surface area (Å²) in [6.07, 6.45) is 0. The molecule has 1 unspecified atom stereocenters. The van der Waals surface area contributed by atoms with E-state index in [2.05, 4.69) is 121 Å². The molecular weight excluding hydrogens is 701 g/mol. The van der Waals surface area contributed by atoms with Crippen molar-refractivity contribution in [3.8, 4) is 62.5 Å². The highest BCUT2D eigenvalue weighted by atomic mass is 32.2. The maximum Gasteiger partial charge on any atom is 0.164 e. The Labute approximate surface area is 328 Å². The fourth-order valence-corrected chi connectivity index (χ4v) is 10.2. The number of fused-ring (bicyclic) bond motifs is 11. The molecule has 11 rings (SSSR count). The average Bonchev–Trinajstić information content (AvgIpc) is 3.57. The molecule has 4 nitrogen and oxygen atoms in total. The number of nitriles is 1.